The molecule has 1 aromatic carbocycles. The van der Waals surface area contributed by atoms with Crippen molar-refractivity contribution in [3.63, 3.8) is 0 Å². The van der Waals surface area contributed by atoms with Gasteiger partial charge < -0.3 is 9.42 Å². The summed E-state index contributed by atoms with van der Waals surface area (Å²) in [6, 6.07) is 9.43. The van der Waals surface area contributed by atoms with Crippen molar-refractivity contribution in [2.24, 2.45) is 0 Å². The Hall–Kier alpha value is -2.18. The summed E-state index contributed by atoms with van der Waals surface area (Å²) in [5.41, 5.74) is 1.85. The highest BCUT2D eigenvalue weighted by molar-refractivity contribution is 7.13. The van der Waals surface area contributed by atoms with Gasteiger partial charge in [-0.2, -0.15) is 4.98 Å². The summed E-state index contributed by atoms with van der Waals surface area (Å²) in [5.74, 6) is 1.06. The van der Waals surface area contributed by atoms with E-state index in [1.54, 1.807) is 22.3 Å². The van der Waals surface area contributed by atoms with E-state index in [0.717, 1.165) is 16.1 Å². The number of hydrogen-bond acceptors (Lipinski definition) is 5. The van der Waals surface area contributed by atoms with Gasteiger partial charge in [-0.15, -0.1) is 11.3 Å². The number of anilines is 1. The number of nitrogens with zero attached hydrogens (tertiary/aromatic N) is 3. The van der Waals surface area contributed by atoms with E-state index in [1.165, 1.54) is 0 Å². The summed E-state index contributed by atoms with van der Waals surface area (Å²) in [4.78, 5) is 19.6. The molecule has 0 N–H and O–H groups in total. The molecule has 1 unspecified atom stereocenters. The van der Waals surface area contributed by atoms with E-state index >= 15 is 0 Å². The third-order valence-corrected chi connectivity index (χ3v) is 5.21. The summed E-state index contributed by atoms with van der Waals surface area (Å²) in [7, 11) is 0. The van der Waals surface area contributed by atoms with Gasteiger partial charge >= 0.3 is 0 Å². The van der Waals surface area contributed by atoms with Crippen molar-refractivity contribution >= 4 is 34.5 Å². The van der Waals surface area contributed by atoms with E-state index in [9.17, 15) is 4.79 Å². The lowest BCUT2D eigenvalue weighted by atomic mass is 10.1. The number of halogens is 1. The molecule has 1 atom stereocenters. The van der Waals surface area contributed by atoms with Crippen LogP contribution in [0.4, 0.5) is 5.69 Å². The first-order chi connectivity index (χ1) is 11.6. The minimum Gasteiger partial charge on any atom is -0.339 e. The van der Waals surface area contributed by atoms with Gasteiger partial charge in [0.2, 0.25) is 17.6 Å². The van der Waals surface area contributed by atoms with Gasteiger partial charge in [0.15, 0.2) is 0 Å². The second kappa shape index (κ2) is 6.03. The Kier molecular flexibility index (Phi) is 3.86. The van der Waals surface area contributed by atoms with Crippen molar-refractivity contribution in [2.45, 2.75) is 19.3 Å². The third-order valence-electron chi connectivity index (χ3n) is 4.11. The summed E-state index contributed by atoms with van der Waals surface area (Å²) < 4.78 is 5.40. The second-order valence-corrected chi connectivity index (χ2v) is 7.15. The summed E-state index contributed by atoms with van der Waals surface area (Å²) >= 11 is 7.56. The van der Waals surface area contributed by atoms with Gasteiger partial charge in [0, 0.05) is 23.7 Å². The van der Waals surface area contributed by atoms with Crippen molar-refractivity contribution in [1.82, 2.24) is 10.1 Å². The second-order valence-electron chi connectivity index (χ2n) is 5.77. The molecule has 1 aliphatic heterocycles. The number of benzene rings is 1. The molecule has 0 spiro atoms. The molecule has 1 amide bonds. The maximum Gasteiger partial charge on any atom is 0.232 e. The van der Waals surface area contributed by atoms with Crippen molar-refractivity contribution in [1.29, 1.82) is 0 Å². The highest BCUT2D eigenvalue weighted by atomic mass is 35.5. The van der Waals surface area contributed by atoms with E-state index in [0.29, 0.717) is 29.7 Å². The first-order valence-corrected chi connectivity index (χ1v) is 8.81. The number of amides is 1. The monoisotopic (exact) mass is 359 g/mol. The van der Waals surface area contributed by atoms with Crippen molar-refractivity contribution in [3.05, 3.63) is 52.2 Å². The minimum atomic E-state index is -0.0891. The molecule has 3 aromatic rings. The molecule has 0 bridgehead atoms. The maximum absolute atomic E-state index is 12.4. The maximum atomic E-state index is 12.4. The normalized spacial score (nSPS) is 17.7. The third kappa shape index (κ3) is 2.72. The lowest BCUT2D eigenvalue weighted by Gasteiger charge is -2.18. The number of aryl methyl sites for hydroxylation is 1. The average molecular weight is 360 g/mol. The Balaban J connectivity index is 1.58. The van der Waals surface area contributed by atoms with Gasteiger partial charge in [-0.3, -0.25) is 4.79 Å². The Bertz CT molecular complexity index is 891. The van der Waals surface area contributed by atoms with Gasteiger partial charge in [0.05, 0.1) is 10.8 Å². The van der Waals surface area contributed by atoms with Crippen LogP contribution < -0.4 is 4.90 Å². The van der Waals surface area contributed by atoms with Crippen molar-refractivity contribution in [3.8, 4) is 10.7 Å². The van der Waals surface area contributed by atoms with Crippen LogP contribution in [0.3, 0.4) is 0 Å². The molecule has 24 heavy (non-hydrogen) atoms. The highest BCUT2D eigenvalue weighted by Gasteiger charge is 2.35. The van der Waals surface area contributed by atoms with Crippen LogP contribution in [-0.2, 0) is 4.79 Å². The fourth-order valence-electron chi connectivity index (χ4n) is 2.93. The summed E-state index contributed by atoms with van der Waals surface area (Å²) in [6.07, 6.45) is 0.369. The number of thiophene rings is 1. The van der Waals surface area contributed by atoms with Gasteiger partial charge in [0.25, 0.3) is 0 Å². The molecule has 0 saturated carbocycles. The molecular formula is C17H14ClN3O2S. The van der Waals surface area contributed by atoms with E-state index in [-0.39, 0.29) is 11.8 Å². The molecule has 1 saturated heterocycles. The van der Waals surface area contributed by atoms with E-state index < -0.39 is 0 Å². The molecule has 1 aliphatic rings. The number of aromatic nitrogens is 2. The fourth-order valence-corrected chi connectivity index (χ4v) is 3.81. The van der Waals surface area contributed by atoms with Crippen LogP contribution in [0.25, 0.3) is 10.7 Å². The Morgan fingerprint density at radius 2 is 2.25 bits per heavy atom. The number of hydrogen-bond donors (Lipinski definition) is 0. The highest BCUT2D eigenvalue weighted by Crippen LogP contribution is 2.34. The minimum absolute atomic E-state index is 0.0568. The smallest absolute Gasteiger partial charge is 0.232 e. The molecule has 0 radical (unpaired) electrons. The Morgan fingerprint density at radius 1 is 1.38 bits per heavy atom. The topological polar surface area (TPSA) is 59.2 Å². The SMILES string of the molecule is Cc1cc(Cl)ccc1N1CC(c2nc(-c3cccs3)no2)CC1=O. The van der Waals surface area contributed by atoms with Crippen LogP contribution in [0.5, 0.6) is 0 Å². The van der Waals surface area contributed by atoms with Gasteiger partial charge in [0.1, 0.15) is 0 Å². The Labute approximate surface area is 147 Å². The number of carbonyl (C=O) groups is 1. The number of carbonyl (C=O) groups excluding carboxylic acids is 1. The predicted octanol–water partition coefficient (Wildman–Crippen LogP) is 4.28. The van der Waals surface area contributed by atoms with Crippen LogP contribution in [0.1, 0.15) is 23.8 Å². The van der Waals surface area contributed by atoms with Crippen LogP contribution in [0.2, 0.25) is 5.02 Å². The lowest BCUT2D eigenvalue weighted by Crippen LogP contribution is -2.25. The van der Waals surface area contributed by atoms with Gasteiger partial charge in [-0.1, -0.05) is 22.8 Å². The first-order valence-electron chi connectivity index (χ1n) is 7.56. The molecule has 2 aromatic heterocycles. The van der Waals surface area contributed by atoms with E-state index in [4.69, 9.17) is 16.1 Å². The molecule has 3 heterocycles. The van der Waals surface area contributed by atoms with Crippen LogP contribution in [0, 0.1) is 6.92 Å². The fraction of sp³-hybridized carbons (Fsp3) is 0.235. The van der Waals surface area contributed by atoms with Gasteiger partial charge in [-0.25, -0.2) is 0 Å². The summed E-state index contributed by atoms with van der Waals surface area (Å²) in [5, 5.41) is 6.66. The molecule has 122 valence electrons. The summed E-state index contributed by atoms with van der Waals surface area (Å²) in [6.45, 7) is 2.48. The first kappa shape index (κ1) is 15.4. The number of rotatable bonds is 3. The quantitative estimate of drug-likeness (QED) is 0.700. The van der Waals surface area contributed by atoms with Crippen molar-refractivity contribution < 1.29 is 9.32 Å². The standard InChI is InChI=1S/C17H14ClN3O2S/c1-10-7-12(18)4-5-13(10)21-9-11(8-15(21)22)17-19-16(20-23-17)14-3-2-6-24-14/h2-7,11H,8-9H2,1H3. The van der Waals surface area contributed by atoms with Gasteiger partial charge in [-0.05, 0) is 42.1 Å². The van der Waals surface area contributed by atoms with E-state index in [2.05, 4.69) is 10.1 Å². The van der Waals surface area contributed by atoms with Crippen molar-refractivity contribution in [2.75, 3.05) is 11.4 Å². The Morgan fingerprint density at radius 3 is 3.00 bits per heavy atom. The van der Waals surface area contributed by atoms with E-state index in [1.807, 2.05) is 36.6 Å². The zero-order valence-corrected chi connectivity index (χ0v) is 14.5. The largest absolute Gasteiger partial charge is 0.339 e. The van der Waals surface area contributed by atoms with Crippen LogP contribution in [0.15, 0.2) is 40.2 Å². The zero-order chi connectivity index (χ0) is 16.7. The van der Waals surface area contributed by atoms with Crippen LogP contribution >= 0.6 is 22.9 Å². The molecule has 4 rings (SSSR count). The predicted molar refractivity (Wildman–Crippen MR) is 93.5 cm³/mol. The lowest BCUT2D eigenvalue weighted by molar-refractivity contribution is -0.117. The molecule has 7 heteroatoms. The molecular weight excluding hydrogens is 346 g/mol. The molecule has 1 fully saturated rings. The zero-order valence-electron chi connectivity index (χ0n) is 12.9. The molecule has 5 nitrogen and oxygen atoms in total. The van der Waals surface area contributed by atoms with Crippen LogP contribution in [-0.4, -0.2) is 22.6 Å². The average Bonchev–Trinajstić information content (AvgIpc) is 3.27. The molecule has 0 aliphatic carbocycles.